The third kappa shape index (κ3) is 1.98. The Balaban J connectivity index is 3.40. The van der Waals surface area contributed by atoms with Crippen LogP contribution in [0.25, 0.3) is 0 Å². The molecular weight excluding hydrogens is 221 g/mol. The number of aliphatic hydroxyl groups is 1. The van der Waals surface area contributed by atoms with Crippen LogP contribution in [-0.2, 0) is 4.79 Å². The van der Waals surface area contributed by atoms with Crippen LogP contribution in [0.2, 0.25) is 0 Å². The molecule has 0 aliphatic heterocycles. The van der Waals surface area contributed by atoms with E-state index in [1.54, 1.807) is 0 Å². The quantitative estimate of drug-likeness (QED) is 0.598. The third-order valence-corrected chi connectivity index (χ3v) is 2.06. The van der Waals surface area contributed by atoms with E-state index in [2.05, 4.69) is 0 Å². The van der Waals surface area contributed by atoms with Gasteiger partial charge in [-0.2, -0.15) is 4.39 Å². The Hall–Kier alpha value is -2.02. The van der Waals surface area contributed by atoms with Crippen LogP contribution in [0.4, 0.5) is 10.1 Å². The Bertz CT molecular complexity index is 459. The zero-order valence-corrected chi connectivity index (χ0v) is 8.18. The maximum atomic E-state index is 13.5. The second-order valence-corrected chi connectivity index (χ2v) is 3.13. The number of nitro benzene ring substituents is 1. The highest BCUT2D eigenvalue weighted by atomic mass is 19.1. The highest BCUT2D eigenvalue weighted by Gasteiger charge is 2.27. The number of aliphatic hydroxyl groups excluding tert-OH is 1. The van der Waals surface area contributed by atoms with E-state index in [9.17, 15) is 19.3 Å². The SMILES string of the molecule is Cc1ccc(C(O)C(=O)O)c(F)c1[N+](=O)[O-]. The van der Waals surface area contributed by atoms with Crippen molar-refractivity contribution in [3.05, 3.63) is 39.2 Å². The lowest BCUT2D eigenvalue weighted by Gasteiger charge is -2.08. The molecule has 0 aliphatic rings. The van der Waals surface area contributed by atoms with E-state index >= 15 is 0 Å². The lowest BCUT2D eigenvalue weighted by molar-refractivity contribution is -0.388. The van der Waals surface area contributed by atoms with Crippen LogP contribution in [0.3, 0.4) is 0 Å². The summed E-state index contributed by atoms with van der Waals surface area (Å²) >= 11 is 0. The summed E-state index contributed by atoms with van der Waals surface area (Å²) < 4.78 is 13.5. The van der Waals surface area contributed by atoms with Gasteiger partial charge >= 0.3 is 11.7 Å². The first kappa shape index (κ1) is 12.1. The van der Waals surface area contributed by atoms with Crippen molar-refractivity contribution in [1.29, 1.82) is 0 Å². The number of hydrogen-bond acceptors (Lipinski definition) is 4. The van der Waals surface area contributed by atoms with Gasteiger partial charge in [-0.3, -0.25) is 10.1 Å². The number of carboxylic acids is 1. The summed E-state index contributed by atoms with van der Waals surface area (Å²) in [6.07, 6.45) is -2.11. The topological polar surface area (TPSA) is 101 Å². The van der Waals surface area contributed by atoms with Crippen molar-refractivity contribution >= 4 is 11.7 Å². The molecule has 1 atom stereocenters. The zero-order chi connectivity index (χ0) is 12.5. The van der Waals surface area contributed by atoms with Crippen molar-refractivity contribution < 1.29 is 24.3 Å². The van der Waals surface area contributed by atoms with Gasteiger partial charge in [-0.05, 0) is 6.92 Å². The Morgan fingerprint density at radius 1 is 1.56 bits per heavy atom. The van der Waals surface area contributed by atoms with Gasteiger partial charge in [0.05, 0.1) is 4.92 Å². The molecule has 0 fully saturated rings. The monoisotopic (exact) mass is 229 g/mol. The molecule has 0 amide bonds. The number of halogens is 1. The van der Waals surface area contributed by atoms with Crippen molar-refractivity contribution in [2.75, 3.05) is 0 Å². The summed E-state index contributed by atoms with van der Waals surface area (Å²) in [5.41, 5.74) is -1.38. The molecule has 1 aromatic carbocycles. The number of aryl methyl sites for hydroxylation is 1. The molecule has 0 spiro atoms. The molecule has 0 aliphatic carbocycles. The number of nitro groups is 1. The van der Waals surface area contributed by atoms with E-state index in [4.69, 9.17) is 10.2 Å². The molecule has 7 heteroatoms. The summed E-state index contributed by atoms with van der Waals surface area (Å²) in [5.74, 6) is -2.99. The second kappa shape index (κ2) is 4.23. The maximum absolute atomic E-state index is 13.5. The minimum Gasteiger partial charge on any atom is -0.479 e. The van der Waals surface area contributed by atoms with Crippen molar-refractivity contribution in [1.82, 2.24) is 0 Å². The zero-order valence-electron chi connectivity index (χ0n) is 8.18. The molecule has 16 heavy (non-hydrogen) atoms. The number of aliphatic carboxylic acids is 1. The molecule has 1 rings (SSSR count). The van der Waals surface area contributed by atoms with Gasteiger partial charge in [0, 0.05) is 11.1 Å². The van der Waals surface area contributed by atoms with Crippen molar-refractivity contribution in [2.45, 2.75) is 13.0 Å². The van der Waals surface area contributed by atoms with Gasteiger partial charge in [0.25, 0.3) is 0 Å². The van der Waals surface area contributed by atoms with Crippen LogP contribution < -0.4 is 0 Å². The van der Waals surface area contributed by atoms with Crippen LogP contribution in [0.15, 0.2) is 12.1 Å². The average Bonchev–Trinajstić information content (AvgIpc) is 2.16. The fraction of sp³-hybridized carbons (Fsp3) is 0.222. The molecule has 0 heterocycles. The maximum Gasteiger partial charge on any atom is 0.337 e. The van der Waals surface area contributed by atoms with Gasteiger partial charge in [-0.15, -0.1) is 0 Å². The van der Waals surface area contributed by atoms with Crippen LogP contribution in [0.5, 0.6) is 0 Å². The first-order chi connectivity index (χ1) is 7.36. The van der Waals surface area contributed by atoms with Gasteiger partial charge in [0.2, 0.25) is 5.82 Å². The molecule has 86 valence electrons. The van der Waals surface area contributed by atoms with Crippen LogP contribution in [0, 0.1) is 22.9 Å². The van der Waals surface area contributed by atoms with Crippen molar-refractivity contribution in [3.8, 4) is 0 Å². The number of rotatable bonds is 3. The minimum atomic E-state index is -2.11. The molecule has 0 bridgehead atoms. The summed E-state index contributed by atoms with van der Waals surface area (Å²) in [6, 6.07) is 2.19. The molecular formula is C9H8FNO5. The molecule has 0 saturated heterocycles. The van der Waals surface area contributed by atoms with Crippen LogP contribution in [0.1, 0.15) is 17.2 Å². The molecule has 2 N–H and O–H groups in total. The normalized spacial score (nSPS) is 12.2. The Kier molecular flexibility index (Phi) is 3.19. The predicted octanol–water partition coefficient (Wildman–Crippen LogP) is 1.16. The van der Waals surface area contributed by atoms with E-state index in [1.807, 2.05) is 0 Å². The lowest BCUT2D eigenvalue weighted by Crippen LogP contribution is -2.13. The smallest absolute Gasteiger partial charge is 0.337 e. The molecule has 6 nitrogen and oxygen atoms in total. The first-order valence-electron chi connectivity index (χ1n) is 4.20. The fourth-order valence-electron chi connectivity index (χ4n) is 1.25. The van der Waals surface area contributed by atoms with Gasteiger partial charge in [-0.25, -0.2) is 4.79 Å². The van der Waals surface area contributed by atoms with Crippen LogP contribution >= 0.6 is 0 Å². The lowest BCUT2D eigenvalue weighted by atomic mass is 10.0. The van der Waals surface area contributed by atoms with Crippen molar-refractivity contribution in [2.24, 2.45) is 0 Å². The van der Waals surface area contributed by atoms with E-state index in [-0.39, 0.29) is 5.56 Å². The standard InChI is InChI=1S/C9H8FNO5/c1-4-2-3-5(8(12)9(13)14)6(10)7(4)11(15)16/h2-3,8,12H,1H3,(H,13,14). The Labute approximate surface area is 89.1 Å². The molecule has 1 aromatic rings. The summed E-state index contributed by atoms with van der Waals surface area (Å²) in [4.78, 5) is 20.0. The van der Waals surface area contributed by atoms with Crippen LogP contribution in [-0.4, -0.2) is 21.1 Å². The van der Waals surface area contributed by atoms with Gasteiger partial charge in [0.1, 0.15) is 0 Å². The van der Waals surface area contributed by atoms with Crippen molar-refractivity contribution in [3.63, 3.8) is 0 Å². The number of carboxylic acid groups (broad SMARTS) is 1. The number of benzene rings is 1. The minimum absolute atomic E-state index is 0.0591. The summed E-state index contributed by atoms with van der Waals surface area (Å²) in [5, 5.41) is 28.1. The fourth-order valence-corrected chi connectivity index (χ4v) is 1.25. The van der Waals surface area contributed by atoms with E-state index in [0.717, 1.165) is 6.07 Å². The molecule has 0 saturated carbocycles. The van der Waals surface area contributed by atoms with Gasteiger partial charge < -0.3 is 10.2 Å². The Morgan fingerprint density at radius 2 is 2.12 bits per heavy atom. The van der Waals surface area contributed by atoms with E-state index in [1.165, 1.54) is 13.0 Å². The largest absolute Gasteiger partial charge is 0.479 e. The van der Waals surface area contributed by atoms with E-state index < -0.39 is 34.1 Å². The first-order valence-corrected chi connectivity index (χ1v) is 4.20. The third-order valence-electron chi connectivity index (χ3n) is 2.06. The average molecular weight is 229 g/mol. The van der Waals surface area contributed by atoms with E-state index in [0.29, 0.717) is 0 Å². The predicted molar refractivity (Wildman–Crippen MR) is 50.4 cm³/mol. The second-order valence-electron chi connectivity index (χ2n) is 3.13. The number of hydrogen-bond donors (Lipinski definition) is 2. The molecule has 0 radical (unpaired) electrons. The summed E-state index contributed by atoms with van der Waals surface area (Å²) in [6.45, 7) is 1.32. The number of carbonyl (C=O) groups is 1. The highest BCUT2D eigenvalue weighted by Crippen LogP contribution is 2.28. The Morgan fingerprint density at radius 3 is 2.56 bits per heavy atom. The highest BCUT2D eigenvalue weighted by molar-refractivity contribution is 5.74. The number of nitrogens with zero attached hydrogens (tertiary/aromatic N) is 1. The van der Waals surface area contributed by atoms with Gasteiger partial charge in [-0.1, -0.05) is 12.1 Å². The summed E-state index contributed by atoms with van der Waals surface area (Å²) in [7, 11) is 0. The van der Waals surface area contributed by atoms with Gasteiger partial charge in [0.15, 0.2) is 6.10 Å². The molecule has 1 unspecified atom stereocenters. The molecule has 0 aromatic heterocycles.